The van der Waals surface area contributed by atoms with Gasteiger partial charge in [0.15, 0.2) is 0 Å². The van der Waals surface area contributed by atoms with E-state index in [0.717, 1.165) is 54.9 Å². The maximum Gasteiger partial charge on any atom is 0.252 e. The predicted octanol–water partition coefficient (Wildman–Crippen LogP) is 2.10. The molecule has 36 heavy (non-hydrogen) atoms. The Labute approximate surface area is 211 Å². The molecule has 1 aromatic carbocycles. The molecular formula is C27H35N5O4. The molecule has 0 bridgehead atoms. The van der Waals surface area contributed by atoms with Gasteiger partial charge in [-0.25, -0.2) is 0 Å². The fourth-order valence-electron chi connectivity index (χ4n) is 5.35. The number of hydrogen-bond acceptors (Lipinski definition) is 8. The number of aldehydes is 1. The van der Waals surface area contributed by atoms with Gasteiger partial charge in [0, 0.05) is 47.9 Å². The molecule has 1 aromatic rings. The fraction of sp³-hybridized carbons (Fsp3) is 0.481. The third-order valence-corrected chi connectivity index (χ3v) is 7.51. The van der Waals surface area contributed by atoms with Crippen LogP contribution in [0.3, 0.4) is 0 Å². The summed E-state index contributed by atoms with van der Waals surface area (Å²) in [4.78, 5) is 36.9. The molecule has 2 unspecified atom stereocenters. The van der Waals surface area contributed by atoms with Crippen molar-refractivity contribution in [1.82, 2.24) is 15.5 Å². The number of hydrogen-bond donors (Lipinski definition) is 3. The number of amides is 1. The van der Waals surface area contributed by atoms with Gasteiger partial charge >= 0.3 is 0 Å². The highest BCUT2D eigenvalue weighted by molar-refractivity contribution is 5.97. The summed E-state index contributed by atoms with van der Waals surface area (Å²) in [6.45, 7) is 5.26. The van der Waals surface area contributed by atoms with E-state index < -0.39 is 6.04 Å². The van der Waals surface area contributed by atoms with Crippen molar-refractivity contribution in [1.29, 1.82) is 0 Å². The van der Waals surface area contributed by atoms with E-state index in [1.807, 2.05) is 38.4 Å². The zero-order valence-electron chi connectivity index (χ0n) is 21.0. The van der Waals surface area contributed by atoms with Crippen molar-refractivity contribution >= 4 is 12.2 Å². The molecule has 192 valence electrons. The topological polar surface area (TPSA) is 126 Å². The van der Waals surface area contributed by atoms with Crippen molar-refractivity contribution in [3.8, 4) is 5.75 Å². The normalized spacial score (nSPS) is 22.5. The number of nitrogens with one attached hydrogen (secondary N) is 2. The van der Waals surface area contributed by atoms with E-state index in [0.29, 0.717) is 18.5 Å². The van der Waals surface area contributed by atoms with Crippen molar-refractivity contribution < 1.29 is 14.3 Å². The van der Waals surface area contributed by atoms with Crippen molar-refractivity contribution in [3.05, 3.63) is 69.3 Å². The number of likely N-dealkylation sites (tertiary alicyclic amines) is 1. The molecular weight excluding hydrogens is 458 g/mol. The van der Waals surface area contributed by atoms with Gasteiger partial charge in [0.25, 0.3) is 5.91 Å². The van der Waals surface area contributed by atoms with Crippen LogP contribution >= 0.6 is 0 Å². The number of nitrogens with two attached hydrogens (primary N) is 1. The van der Waals surface area contributed by atoms with Gasteiger partial charge < -0.3 is 25.9 Å². The molecule has 3 aliphatic rings. The van der Waals surface area contributed by atoms with Crippen LogP contribution in [0, 0.1) is 11.8 Å². The Hall–Kier alpha value is -3.30. The van der Waals surface area contributed by atoms with Gasteiger partial charge in [-0.3, -0.25) is 9.69 Å². The summed E-state index contributed by atoms with van der Waals surface area (Å²) in [6.07, 6.45) is 11.1. The van der Waals surface area contributed by atoms with E-state index in [2.05, 4.69) is 32.9 Å². The maximum atomic E-state index is 12.8. The van der Waals surface area contributed by atoms with E-state index in [1.165, 1.54) is 5.57 Å². The van der Waals surface area contributed by atoms with Crippen molar-refractivity contribution in [2.75, 3.05) is 39.8 Å². The lowest BCUT2D eigenvalue weighted by Gasteiger charge is -2.39. The van der Waals surface area contributed by atoms with E-state index in [-0.39, 0.29) is 30.3 Å². The lowest BCUT2D eigenvalue weighted by atomic mass is 9.73. The SMILES string of the molecule is CN/C=C1/C=C(CN2CCC3(CC2)COc2c3ccc(C(=O)NC(C=O)CCN=O)c2C)C=CC1N. The molecule has 1 spiro atoms. The monoisotopic (exact) mass is 493 g/mol. The minimum atomic E-state index is -0.742. The average molecular weight is 494 g/mol. The third-order valence-electron chi connectivity index (χ3n) is 7.51. The highest BCUT2D eigenvalue weighted by Crippen LogP contribution is 2.47. The van der Waals surface area contributed by atoms with Crippen LogP contribution in [0.1, 0.15) is 40.7 Å². The van der Waals surface area contributed by atoms with E-state index in [1.54, 1.807) is 0 Å². The molecule has 1 amide bonds. The van der Waals surface area contributed by atoms with Crippen molar-refractivity contribution in [2.24, 2.45) is 10.9 Å². The number of rotatable bonds is 9. The zero-order valence-corrected chi connectivity index (χ0v) is 21.0. The molecule has 1 aliphatic carbocycles. The van der Waals surface area contributed by atoms with Crippen LogP contribution in [-0.2, 0) is 10.2 Å². The van der Waals surface area contributed by atoms with Crippen LogP contribution < -0.4 is 21.1 Å². The Morgan fingerprint density at radius 3 is 2.83 bits per heavy atom. The second-order valence-electron chi connectivity index (χ2n) is 9.85. The molecule has 4 rings (SSSR count). The first-order chi connectivity index (χ1) is 17.4. The number of nitrogens with zero attached hydrogens (tertiary/aromatic N) is 2. The van der Waals surface area contributed by atoms with Crippen molar-refractivity contribution in [2.45, 2.75) is 43.7 Å². The second-order valence-corrected chi connectivity index (χ2v) is 9.85. The Bertz CT molecular complexity index is 1100. The summed E-state index contributed by atoms with van der Waals surface area (Å²) in [6, 6.07) is 3.01. The molecule has 1 fully saturated rings. The summed E-state index contributed by atoms with van der Waals surface area (Å²) < 4.78 is 6.17. The van der Waals surface area contributed by atoms with E-state index in [4.69, 9.17) is 10.5 Å². The Morgan fingerprint density at radius 1 is 1.36 bits per heavy atom. The fourth-order valence-corrected chi connectivity index (χ4v) is 5.35. The number of nitroso groups, excluding NO2 is 1. The Morgan fingerprint density at radius 2 is 2.14 bits per heavy atom. The molecule has 2 atom stereocenters. The van der Waals surface area contributed by atoms with Crippen LogP contribution in [-0.4, -0.2) is 69.0 Å². The zero-order chi connectivity index (χ0) is 25.7. The number of carbonyl (C=O) groups excluding carboxylic acids is 2. The molecule has 9 heteroatoms. The van der Waals surface area contributed by atoms with E-state index >= 15 is 0 Å². The molecule has 4 N–H and O–H groups in total. The molecule has 9 nitrogen and oxygen atoms in total. The van der Waals surface area contributed by atoms with E-state index in [9.17, 15) is 14.5 Å². The summed E-state index contributed by atoms with van der Waals surface area (Å²) in [5.74, 6) is 0.431. The Kier molecular flexibility index (Phi) is 8.01. The standard InChI is InChI=1S/C27H35N5O4/c1-18-22(26(34)31-21(16-33)7-10-30-35)4-5-23-25(18)36-17-27(23)8-11-32(12-9-27)15-19-3-6-24(28)20(13-19)14-29-2/h3-6,13-14,16,21,24,29H,7-12,15,17,28H2,1-2H3,(H,31,34)/b20-14-. The first-order valence-corrected chi connectivity index (χ1v) is 12.5. The first kappa shape index (κ1) is 25.8. The lowest BCUT2D eigenvalue weighted by molar-refractivity contribution is -0.109. The minimum absolute atomic E-state index is 0.0234. The number of ether oxygens (including phenoxy) is 1. The molecule has 0 aromatic heterocycles. The number of fused-ring (bicyclic) bond motifs is 2. The summed E-state index contributed by atoms with van der Waals surface area (Å²) in [5, 5.41) is 8.52. The molecule has 1 saturated heterocycles. The van der Waals surface area contributed by atoms with Crippen LogP contribution in [0.5, 0.6) is 5.75 Å². The van der Waals surface area contributed by atoms with Gasteiger partial charge in [0.2, 0.25) is 0 Å². The van der Waals surface area contributed by atoms with Gasteiger partial charge in [-0.1, -0.05) is 29.5 Å². The Balaban J connectivity index is 1.42. The average Bonchev–Trinajstić information content (AvgIpc) is 3.24. The third kappa shape index (κ3) is 5.27. The van der Waals surface area contributed by atoms with Crippen LogP contribution in [0.15, 0.2) is 52.9 Å². The maximum absolute atomic E-state index is 12.8. The minimum Gasteiger partial charge on any atom is -0.492 e. The quantitative estimate of drug-likeness (QED) is 0.355. The van der Waals surface area contributed by atoms with Gasteiger partial charge in [-0.2, -0.15) is 4.91 Å². The smallest absolute Gasteiger partial charge is 0.252 e. The second kappa shape index (κ2) is 11.2. The van der Waals surface area contributed by atoms with Crippen LogP contribution in [0.25, 0.3) is 0 Å². The van der Waals surface area contributed by atoms with Crippen LogP contribution in [0.4, 0.5) is 0 Å². The van der Waals surface area contributed by atoms with Crippen LogP contribution in [0.2, 0.25) is 0 Å². The number of benzene rings is 1. The largest absolute Gasteiger partial charge is 0.492 e. The van der Waals surface area contributed by atoms with Crippen molar-refractivity contribution in [3.63, 3.8) is 0 Å². The predicted molar refractivity (Wildman–Crippen MR) is 139 cm³/mol. The van der Waals surface area contributed by atoms with Gasteiger partial charge in [-0.15, -0.1) is 0 Å². The summed E-state index contributed by atoms with van der Waals surface area (Å²) in [5.41, 5.74) is 10.9. The molecule has 0 saturated carbocycles. The van der Waals surface area contributed by atoms with Gasteiger partial charge in [0.1, 0.15) is 12.0 Å². The molecule has 0 radical (unpaired) electrons. The van der Waals surface area contributed by atoms with Gasteiger partial charge in [0.05, 0.1) is 19.2 Å². The highest BCUT2D eigenvalue weighted by Gasteiger charge is 2.44. The number of piperidine rings is 1. The van der Waals surface area contributed by atoms with Gasteiger partial charge in [-0.05, 0) is 56.5 Å². The summed E-state index contributed by atoms with van der Waals surface area (Å²) >= 11 is 0. The number of carbonyl (C=O) groups is 2. The first-order valence-electron chi connectivity index (χ1n) is 12.5. The lowest BCUT2D eigenvalue weighted by Crippen LogP contribution is -2.44. The highest BCUT2D eigenvalue weighted by atomic mass is 16.5. The summed E-state index contributed by atoms with van der Waals surface area (Å²) in [7, 11) is 1.88. The molecule has 2 heterocycles. The molecule has 2 aliphatic heterocycles.